The number of rotatable bonds is 7. The first-order chi connectivity index (χ1) is 27.2. The first-order valence-corrected chi connectivity index (χ1v) is 18.4. The molecule has 3 aromatic heterocycles. The quantitative estimate of drug-likeness (QED) is 0.166. The van der Waals surface area contributed by atoms with Gasteiger partial charge in [0.25, 0.3) is 0 Å². The second-order valence-electron chi connectivity index (χ2n) is 13.5. The van der Waals surface area contributed by atoms with Crippen LogP contribution in [0.15, 0.2) is 200 Å². The smallest absolute Gasteiger partial charge is 0.164 e. The van der Waals surface area contributed by atoms with Crippen molar-refractivity contribution in [1.82, 2.24) is 24.3 Å². The van der Waals surface area contributed by atoms with Gasteiger partial charge in [-0.25, -0.2) is 19.9 Å². The highest BCUT2D eigenvalue weighted by Gasteiger charge is 2.19. The first kappa shape index (κ1) is 32.2. The Balaban J connectivity index is 1.13. The molecule has 0 aliphatic heterocycles. The summed E-state index contributed by atoms with van der Waals surface area (Å²) >= 11 is 0. The van der Waals surface area contributed by atoms with Gasteiger partial charge in [0, 0.05) is 22.9 Å². The summed E-state index contributed by atoms with van der Waals surface area (Å²) in [5.41, 5.74) is 14.9. The lowest BCUT2D eigenvalue weighted by Crippen LogP contribution is -2.00. The number of pyridine rings is 1. The number of hydrogen-bond donors (Lipinski definition) is 0. The minimum Gasteiger partial charge on any atom is -0.300 e. The normalized spacial score (nSPS) is 11.3. The van der Waals surface area contributed by atoms with Crippen LogP contribution in [-0.2, 0) is 0 Å². The van der Waals surface area contributed by atoms with Crippen LogP contribution in [0.2, 0.25) is 0 Å². The SMILES string of the molecule is c1ccc(-c2cc(-c3ccccc3)c(-c3ccc(-c4nc(-c5ccccc5)nc(-c5ccc6nc7ccccn7c6c5)n4)cc3)c(-c3ccccc3)c2)cc1. The summed E-state index contributed by atoms with van der Waals surface area (Å²) in [5.74, 6) is 1.84. The average molecular weight is 704 g/mol. The lowest BCUT2D eigenvalue weighted by atomic mass is 9.84. The summed E-state index contributed by atoms with van der Waals surface area (Å²) in [6.07, 6.45) is 2.03. The Hall–Kier alpha value is -7.50. The zero-order valence-electron chi connectivity index (χ0n) is 29.8. The Morgan fingerprint density at radius 1 is 0.309 bits per heavy atom. The van der Waals surface area contributed by atoms with E-state index in [0.717, 1.165) is 50.1 Å². The van der Waals surface area contributed by atoms with E-state index < -0.39 is 0 Å². The lowest BCUT2D eigenvalue weighted by Gasteiger charge is -2.19. The molecular formula is C50H33N5. The molecule has 0 N–H and O–H groups in total. The Kier molecular flexibility index (Phi) is 8.08. The molecule has 0 radical (unpaired) electrons. The van der Waals surface area contributed by atoms with Crippen molar-refractivity contribution in [2.75, 3.05) is 0 Å². The van der Waals surface area contributed by atoms with Gasteiger partial charge in [-0.1, -0.05) is 152 Å². The number of nitrogens with zero attached hydrogens (tertiary/aromatic N) is 5. The molecule has 0 saturated carbocycles. The van der Waals surface area contributed by atoms with E-state index in [1.165, 1.54) is 27.8 Å². The third-order valence-electron chi connectivity index (χ3n) is 10.1. The molecule has 7 aromatic carbocycles. The number of imidazole rings is 1. The van der Waals surface area contributed by atoms with Gasteiger partial charge in [0.2, 0.25) is 0 Å². The van der Waals surface area contributed by atoms with E-state index in [9.17, 15) is 0 Å². The molecule has 0 amide bonds. The van der Waals surface area contributed by atoms with Gasteiger partial charge in [0.15, 0.2) is 17.5 Å². The summed E-state index contributed by atoms with van der Waals surface area (Å²) in [6.45, 7) is 0. The fourth-order valence-electron chi connectivity index (χ4n) is 7.38. The van der Waals surface area contributed by atoms with Crippen LogP contribution in [0.5, 0.6) is 0 Å². The van der Waals surface area contributed by atoms with Gasteiger partial charge in [-0.15, -0.1) is 0 Å². The molecule has 5 heteroatoms. The van der Waals surface area contributed by atoms with Crippen LogP contribution in [0, 0.1) is 0 Å². The molecule has 10 rings (SSSR count). The second-order valence-corrected chi connectivity index (χ2v) is 13.5. The van der Waals surface area contributed by atoms with Gasteiger partial charge in [0.05, 0.1) is 11.0 Å². The molecule has 10 aromatic rings. The summed E-state index contributed by atoms with van der Waals surface area (Å²) in [6, 6.07) is 67.6. The van der Waals surface area contributed by atoms with Crippen molar-refractivity contribution in [2.24, 2.45) is 0 Å². The number of aromatic nitrogens is 5. The maximum Gasteiger partial charge on any atom is 0.164 e. The number of benzene rings is 7. The van der Waals surface area contributed by atoms with E-state index >= 15 is 0 Å². The third kappa shape index (κ3) is 6.14. The fourth-order valence-corrected chi connectivity index (χ4v) is 7.38. The van der Waals surface area contributed by atoms with Crippen LogP contribution >= 0.6 is 0 Å². The summed E-state index contributed by atoms with van der Waals surface area (Å²) in [7, 11) is 0. The van der Waals surface area contributed by atoms with Crippen LogP contribution in [-0.4, -0.2) is 24.3 Å². The molecule has 0 unspecified atom stereocenters. The molecule has 55 heavy (non-hydrogen) atoms. The Morgan fingerprint density at radius 2 is 0.764 bits per heavy atom. The van der Waals surface area contributed by atoms with Gasteiger partial charge < -0.3 is 0 Å². The molecule has 0 saturated heterocycles. The van der Waals surface area contributed by atoms with Crippen LogP contribution in [0.1, 0.15) is 0 Å². The summed E-state index contributed by atoms with van der Waals surface area (Å²) < 4.78 is 2.09. The van der Waals surface area contributed by atoms with Crippen molar-refractivity contribution in [1.29, 1.82) is 0 Å². The fraction of sp³-hybridized carbons (Fsp3) is 0. The van der Waals surface area contributed by atoms with E-state index in [0.29, 0.717) is 17.5 Å². The maximum absolute atomic E-state index is 5.10. The van der Waals surface area contributed by atoms with Crippen molar-refractivity contribution in [3.63, 3.8) is 0 Å². The van der Waals surface area contributed by atoms with Gasteiger partial charge >= 0.3 is 0 Å². The second kappa shape index (κ2) is 13.8. The molecule has 0 fully saturated rings. The van der Waals surface area contributed by atoms with Crippen molar-refractivity contribution in [2.45, 2.75) is 0 Å². The summed E-state index contributed by atoms with van der Waals surface area (Å²) in [5, 5.41) is 0. The highest BCUT2D eigenvalue weighted by Crippen LogP contribution is 2.43. The van der Waals surface area contributed by atoms with Crippen molar-refractivity contribution >= 4 is 16.7 Å². The minimum absolute atomic E-state index is 0.606. The monoisotopic (exact) mass is 703 g/mol. The van der Waals surface area contributed by atoms with Crippen LogP contribution in [0.25, 0.3) is 95.4 Å². The highest BCUT2D eigenvalue weighted by molar-refractivity contribution is 5.98. The van der Waals surface area contributed by atoms with Gasteiger partial charge in [-0.2, -0.15) is 0 Å². The number of fused-ring (bicyclic) bond motifs is 3. The van der Waals surface area contributed by atoms with Crippen LogP contribution in [0.3, 0.4) is 0 Å². The molecule has 0 spiro atoms. The van der Waals surface area contributed by atoms with E-state index in [1.807, 2.05) is 66.9 Å². The predicted molar refractivity (Wildman–Crippen MR) is 224 cm³/mol. The predicted octanol–water partition coefficient (Wildman–Crippen LogP) is 12.3. The van der Waals surface area contributed by atoms with Crippen molar-refractivity contribution in [3.05, 3.63) is 200 Å². The molecule has 0 aliphatic carbocycles. The maximum atomic E-state index is 5.10. The number of hydrogen-bond acceptors (Lipinski definition) is 4. The minimum atomic E-state index is 0.606. The van der Waals surface area contributed by atoms with Gasteiger partial charge in [-0.3, -0.25) is 4.40 Å². The van der Waals surface area contributed by atoms with Crippen molar-refractivity contribution in [3.8, 4) is 78.7 Å². The third-order valence-corrected chi connectivity index (χ3v) is 10.1. The summed E-state index contributed by atoms with van der Waals surface area (Å²) in [4.78, 5) is 19.9. The van der Waals surface area contributed by atoms with Crippen molar-refractivity contribution < 1.29 is 0 Å². The molecular weight excluding hydrogens is 671 g/mol. The standard InChI is InChI=1S/C50H33N5/c1-5-15-34(16-6-1)41-31-42(35-17-7-2-8-18-35)47(43(32-41)36-19-9-3-10-20-36)37-24-26-39(27-25-37)49-52-48(38-21-11-4-12-22-38)53-50(54-49)40-28-29-44-45(33-40)55-30-14-13-23-46(55)51-44/h1-33H. The molecule has 0 bridgehead atoms. The zero-order valence-corrected chi connectivity index (χ0v) is 29.8. The van der Waals surface area contributed by atoms with Crippen LogP contribution < -0.4 is 0 Å². The van der Waals surface area contributed by atoms with E-state index in [-0.39, 0.29) is 0 Å². The van der Waals surface area contributed by atoms with Crippen LogP contribution in [0.4, 0.5) is 0 Å². The molecule has 258 valence electrons. The Morgan fingerprint density at radius 3 is 1.35 bits per heavy atom. The van der Waals surface area contributed by atoms with E-state index in [4.69, 9.17) is 19.9 Å². The lowest BCUT2D eigenvalue weighted by molar-refractivity contribution is 1.07. The molecule has 0 atom stereocenters. The van der Waals surface area contributed by atoms with Gasteiger partial charge in [0.1, 0.15) is 5.65 Å². The molecule has 5 nitrogen and oxygen atoms in total. The van der Waals surface area contributed by atoms with E-state index in [2.05, 4.69) is 138 Å². The largest absolute Gasteiger partial charge is 0.300 e. The molecule has 0 aliphatic rings. The first-order valence-electron chi connectivity index (χ1n) is 18.4. The highest BCUT2D eigenvalue weighted by atomic mass is 15.0. The molecule has 3 heterocycles. The zero-order chi connectivity index (χ0) is 36.6. The topological polar surface area (TPSA) is 56.0 Å². The van der Waals surface area contributed by atoms with E-state index in [1.54, 1.807) is 0 Å². The Labute approximate surface area is 319 Å². The Bertz CT molecular complexity index is 2880. The average Bonchev–Trinajstić information content (AvgIpc) is 3.65. The van der Waals surface area contributed by atoms with Gasteiger partial charge in [-0.05, 0) is 87.0 Å².